The van der Waals surface area contributed by atoms with Crippen LogP contribution in [-0.4, -0.2) is 10.1 Å². The molecule has 1 atom stereocenters. The summed E-state index contributed by atoms with van der Waals surface area (Å²) in [6.45, 7) is 2.06. The fourth-order valence-electron chi connectivity index (χ4n) is 1.54. The first-order chi connectivity index (χ1) is 7.27. The summed E-state index contributed by atoms with van der Waals surface area (Å²) in [5.74, 6) is 0. The van der Waals surface area contributed by atoms with Crippen LogP contribution in [0.5, 0.6) is 0 Å². The molecule has 3 heteroatoms. The number of aliphatic hydroxyl groups excluding tert-OH is 1. The second kappa shape index (κ2) is 4.55. The smallest absolute Gasteiger partial charge is 0.0938 e. The summed E-state index contributed by atoms with van der Waals surface area (Å²) in [5, 5.41) is 9.96. The molecular formula is C12H13NOS. The highest BCUT2D eigenvalue weighted by atomic mass is 32.1. The number of benzene rings is 1. The molecule has 78 valence electrons. The molecule has 1 N–H and O–H groups in total. The molecule has 0 bridgehead atoms. The number of aliphatic hydroxyl groups is 1. The molecule has 2 aromatic rings. The molecule has 1 unspecified atom stereocenters. The Hall–Kier alpha value is -1.19. The molecule has 1 aromatic carbocycles. The summed E-state index contributed by atoms with van der Waals surface area (Å²) in [6, 6.07) is 8.13. The summed E-state index contributed by atoms with van der Waals surface area (Å²) in [7, 11) is 0. The van der Waals surface area contributed by atoms with Gasteiger partial charge in [-0.25, -0.2) is 0 Å². The lowest BCUT2D eigenvalue weighted by atomic mass is 10.0. The number of hydrogen-bond donors (Lipinski definition) is 1. The van der Waals surface area contributed by atoms with E-state index >= 15 is 0 Å². The molecule has 2 nitrogen and oxygen atoms in total. The van der Waals surface area contributed by atoms with Gasteiger partial charge in [0, 0.05) is 12.6 Å². The van der Waals surface area contributed by atoms with Gasteiger partial charge in [0.15, 0.2) is 0 Å². The van der Waals surface area contributed by atoms with E-state index < -0.39 is 6.10 Å². The van der Waals surface area contributed by atoms with Crippen LogP contribution in [0.15, 0.2) is 36.0 Å². The largest absolute Gasteiger partial charge is 0.387 e. The molecule has 0 spiro atoms. The van der Waals surface area contributed by atoms with Crippen LogP contribution in [0.3, 0.4) is 0 Å². The first-order valence-electron chi connectivity index (χ1n) is 4.88. The lowest BCUT2D eigenvalue weighted by Gasteiger charge is -2.10. The molecule has 0 fully saturated rings. The molecule has 0 radical (unpaired) electrons. The van der Waals surface area contributed by atoms with Crippen LogP contribution in [0, 0.1) is 6.92 Å². The molecule has 0 aliphatic carbocycles. The maximum atomic E-state index is 9.96. The quantitative estimate of drug-likeness (QED) is 0.861. The lowest BCUT2D eigenvalue weighted by Crippen LogP contribution is -2.01. The zero-order chi connectivity index (χ0) is 10.7. The van der Waals surface area contributed by atoms with Gasteiger partial charge in [0.05, 0.1) is 16.5 Å². The molecule has 15 heavy (non-hydrogen) atoms. The van der Waals surface area contributed by atoms with E-state index in [1.165, 1.54) is 22.5 Å². The zero-order valence-electron chi connectivity index (χ0n) is 8.55. The van der Waals surface area contributed by atoms with E-state index in [2.05, 4.69) is 24.0 Å². The van der Waals surface area contributed by atoms with Crippen molar-refractivity contribution >= 4 is 11.3 Å². The van der Waals surface area contributed by atoms with Crippen molar-refractivity contribution in [2.45, 2.75) is 19.4 Å². The Labute approximate surface area is 93.2 Å². The average molecular weight is 219 g/mol. The van der Waals surface area contributed by atoms with Crippen molar-refractivity contribution < 1.29 is 5.11 Å². The van der Waals surface area contributed by atoms with Gasteiger partial charge in [0.2, 0.25) is 0 Å². The fourth-order valence-corrected chi connectivity index (χ4v) is 2.14. The lowest BCUT2D eigenvalue weighted by molar-refractivity contribution is 0.182. The van der Waals surface area contributed by atoms with Crippen molar-refractivity contribution in [2.75, 3.05) is 0 Å². The van der Waals surface area contributed by atoms with E-state index in [0.29, 0.717) is 6.42 Å². The summed E-state index contributed by atoms with van der Waals surface area (Å²) in [6.07, 6.45) is 1.96. The van der Waals surface area contributed by atoms with Crippen LogP contribution in [0.1, 0.15) is 22.1 Å². The highest BCUT2D eigenvalue weighted by molar-refractivity contribution is 7.09. The van der Waals surface area contributed by atoms with Crippen molar-refractivity contribution in [3.8, 4) is 0 Å². The SMILES string of the molecule is Cc1ccccc1CC(O)c1cncs1. The number of aryl methyl sites for hydroxylation is 1. The van der Waals surface area contributed by atoms with Gasteiger partial charge < -0.3 is 5.11 Å². The van der Waals surface area contributed by atoms with Gasteiger partial charge >= 0.3 is 0 Å². The van der Waals surface area contributed by atoms with E-state index in [4.69, 9.17) is 0 Å². The first kappa shape index (κ1) is 10.3. The third-order valence-corrected chi connectivity index (χ3v) is 3.33. The molecule has 0 amide bonds. The van der Waals surface area contributed by atoms with E-state index in [1.54, 1.807) is 11.7 Å². The minimum absolute atomic E-state index is 0.432. The maximum Gasteiger partial charge on any atom is 0.0938 e. The fraction of sp³-hybridized carbons (Fsp3) is 0.250. The maximum absolute atomic E-state index is 9.96. The van der Waals surface area contributed by atoms with E-state index in [0.717, 1.165) is 4.88 Å². The Morgan fingerprint density at radius 3 is 2.87 bits per heavy atom. The van der Waals surface area contributed by atoms with Crippen molar-refractivity contribution in [3.05, 3.63) is 52.0 Å². The third kappa shape index (κ3) is 2.43. The van der Waals surface area contributed by atoms with E-state index in [1.807, 2.05) is 12.1 Å². The van der Waals surface area contributed by atoms with Gasteiger partial charge in [-0.05, 0) is 18.1 Å². The molecule has 1 heterocycles. The predicted molar refractivity (Wildman–Crippen MR) is 62.0 cm³/mol. The van der Waals surface area contributed by atoms with Crippen LogP contribution in [0.25, 0.3) is 0 Å². The van der Waals surface area contributed by atoms with Crippen molar-refractivity contribution in [1.82, 2.24) is 4.98 Å². The topological polar surface area (TPSA) is 33.1 Å². The van der Waals surface area contributed by atoms with Crippen LogP contribution < -0.4 is 0 Å². The minimum Gasteiger partial charge on any atom is -0.387 e. The molecular weight excluding hydrogens is 206 g/mol. The Morgan fingerprint density at radius 1 is 1.40 bits per heavy atom. The second-order valence-corrected chi connectivity index (χ2v) is 4.47. The summed E-state index contributed by atoms with van der Waals surface area (Å²) in [5.41, 5.74) is 4.16. The summed E-state index contributed by atoms with van der Waals surface area (Å²) in [4.78, 5) is 4.89. The number of rotatable bonds is 3. The third-order valence-electron chi connectivity index (χ3n) is 2.45. The first-order valence-corrected chi connectivity index (χ1v) is 5.76. The Bertz CT molecular complexity index is 425. The monoisotopic (exact) mass is 219 g/mol. The minimum atomic E-state index is -0.432. The number of hydrogen-bond acceptors (Lipinski definition) is 3. The highest BCUT2D eigenvalue weighted by Gasteiger charge is 2.10. The van der Waals surface area contributed by atoms with Gasteiger partial charge in [-0.15, -0.1) is 11.3 Å². The molecule has 2 rings (SSSR count). The van der Waals surface area contributed by atoms with Crippen LogP contribution in [0.2, 0.25) is 0 Å². The normalized spacial score (nSPS) is 12.7. The van der Waals surface area contributed by atoms with Gasteiger partial charge in [0.25, 0.3) is 0 Å². The highest BCUT2D eigenvalue weighted by Crippen LogP contribution is 2.22. The summed E-state index contributed by atoms with van der Waals surface area (Å²) < 4.78 is 0. The second-order valence-electron chi connectivity index (χ2n) is 3.55. The van der Waals surface area contributed by atoms with E-state index in [9.17, 15) is 5.11 Å². The van der Waals surface area contributed by atoms with E-state index in [-0.39, 0.29) is 0 Å². The van der Waals surface area contributed by atoms with Crippen molar-refractivity contribution in [2.24, 2.45) is 0 Å². The Balaban J connectivity index is 2.13. The average Bonchev–Trinajstić information content (AvgIpc) is 2.74. The molecule has 0 saturated heterocycles. The molecule has 0 aliphatic heterocycles. The van der Waals surface area contributed by atoms with Crippen molar-refractivity contribution in [1.29, 1.82) is 0 Å². The summed E-state index contributed by atoms with van der Waals surface area (Å²) >= 11 is 1.50. The number of thiazole rings is 1. The molecule has 0 saturated carbocycles. The molecule has 1 aromatic heterocycles. The van der Waals surface area contributed by atoms with Crippen molar-refractivity contribution in [3.63, 3.8) is 0 Å². The molecule has 0 aliphatic rings. The van der Waals surface area contributed by atoms with Crippen LogP contribution in [0.4, 0.5) is 0 Å². The zero-order valence-corrected chi connectivity index (χ0v) is 9.37. The van der Waals surface area contributed by atoms with Crippen LogP contribution in [-0.2, 0) is 6.42 Å². The van der Waals surface area contributed by atoms with Gasteiger partial charge in [-0.1, -0.05) is 24.3 Å². The Kier molecular flexibility index (Phi) is 3.14. The van der Waals surface area contributed by atoms with Gasteiger partial charge in [-0.2, -0.15) is 0 Å². The van der Waals surface area contributed by atoms with Gasteiger partial charge in [-0.3, -0.25) is 4.98 Å². The predicted octanol–water partition coefficient (Wildman–Crippen LogP) is 2.73. The van der Waals surface area contributed by atoms with Gasteiger partial charge in [0.1, 0.15) is 0 Å². The van der Waals surface area contributed by atoms with Crippen LogP contribution >= 0.6 is 11.3 Å². The standard InChI is InChI=1S/C12H13NOS/c1-9-4-2-3-5-10(9)6-11(14)12-7-13-8-15-12/h2-5,7-8,11,14H,6H2,1H3. The number of nitrogens with zero attached hydrogens (tertiary/aromatic N) is 1. The number of aromatic nitrogens is 1. The Morgan fingerprint density at radius 2 is 2.20 bits per heavy atom.